The Hall–Kier alpha value is -2.55. The number of rotatable bonds is 7. The quantitative estimate of drug-likeness (QED) is 0.189. The summed E-state index contributed by atoms with van der Waals surface area (Å²) < 4.78 is 39.0. The molecule has 176 valence electrons. The van der Waals surface area contributed by atoms with E-state index in [1.54, 1.807) is 35.3 Å². The summed E-state index contributed by atoms with van der Waals surface area (Å²) in [6.07, 6.45) is 5.75. The normalized spacial score (nSPS) is 13.6. The molecule has 2 aromatic heterocycles. The van der Waals surface area contributed by atoms with Gasteiger partial charge < -0.3 is 4.74 Å². The van der Waals surface area contributed by atoms with Gasteiger partial charge in [0.1, 0.15) is 5.15 Å². The van der Waals surface area contributed by atoms with E-state index in [4.69, 9.17) is 27.9 Å². The number of hydrogen-bond acceptors (Lipinski definition) is 4. The van der Waals surface area contributed by atoms with Gasteiger partial charge >= 0.3 is 5.97 Å². The minimum absolute atomic E-state index is 0.0550. The van der Waals surface area contributed by atoms with Crippen LogP contribution in [0.4, 0.5) is 8.78 Å². The van der Waals surface area contributed by atoms with Crippen molar-refractivity contribution in [3.05, 3.63) is 64.5 Å². The van der Waals surface area contributed by atoms with Gasteiger partial charge in [-0.3, -0.25) is 14.0 Å². The van der Waals surface area contributed by atoms with Crippen LogP contribution in [0.5, 0.6) is 5.75 Å². The van der Waals surface area contributed by atoms with E-state index in [0.29, 0.717) is 22.5 Å². The van der Waals surface area contributed by atoms with Crippen LogP contribution in [0.1, 0.15) is 26.2 Å². The summed E-state index contributed by atoms with van der Waals surface area (Å²) in [5.74, 6) is -2.05. The van der Waals surface area contributed by atoms with Gasteiger partial charge in [0.25, 0.3) is 0 Å². The van der Waals surface area contributed by atoms with Crippen LogP contribution in [0.25, 0.3) is 16.6 Å². The second-order valence-corrected chi connectivity index (χ2v) is 9.86. The van der Waals surface area contributed by atoms with Crippen molar-refractivity contribution >= 4 is 51.8 Å². The maximum Gasteiger partial charge on any atom is 0.314 e. The standard InChI is InChI=1S/C24H19Cl2F2N3O2S/c1-2-10-30-12-14(11-29-30)31-21-15(8-9-16(25)19(21)27)22(23(31)26)34-18-5-3-4-17(20(18)28)33-24(32)13-6-7-13/h3-5,8-9,11-13H,2,6-7,10H2,1H3. The van der Waals surface area contributed by atoms with Crippen molar-refractivity contribution in [2.75, 3.05) is 0 Å². The molecular formula is C24H19Cl2F2N3O2S. The average molecular weight is 522 g/mol. The molecule has 0 atom stereocenters. The molecule has 0 bridgehead atoms. The van der Waals surface area contributed by atoms with E-state index in [1.165, 1.54) is 16.7 Å². The van der Waals surface area contributed by atoms with Gasteiger partial charge in [0.05, 0.1) is 38.1 Å². The highest BCUT2D eigenvalue weighted by Crippen LogP contribution is 2.46. The molecule has 1 saturated carbocycles. The lowest BCUT2D eigenvalue weighted by molar-refractivity contribution is -0.136. The Bertz CT molecular complexity index is 1420. The van der Waals surface area contributed by atoms with Gasteiger partial charge in [-0.25, -0.2) is 8.78 Å². The lowest BCUT2D eigenvalue weighted by Gasteiger charge is -2.09. The topological polar surface area (TPSA) is 49.0 Å². The van der Waals surface area contributed by atoms with Crippen LogP contribution in [-0.4, -0.2) is 20.3 Å². The van der Waals surface area contributed by atoms with Gasteiger partial charge in [-0.2, -0.15) is 5.10 Å². The Labute approximate surface area is 208 Å². The van der Waals surface area contributed by atoms with Gasteiger partial charge in [0.2, 0.25) is 0 Å². The molecule has 0 radical (unpaired) electrons. The third-order valence-corrected chi connectivity index (χ3v) is 7.43. The number of hydrogen-bond donors (Lipinski definition) is 0. The van der Waals surface area contributed by atoms with Crippen molar-refractivity contribution in [3.8, 4) is 11.4 Å². The van der Waals surface area contributed by atoms with Crippen LogP contribution in [-0.2, 0) is 11.3 Å². The lowest BCUT2D eigenvalue weighted by atomic mass is 10.2. The highest BCUT2D eigenvalue weighted by Gasteiger charge is 2.32. The molecule has 34 heavy (non-hydrogen) atoms. The van der Waals surface area contributed by atoms with Gasteiger partial charge in [-0.1, -0.05) is 48.0 Å². The first-order valence-corrected chi connectivity index (χ1v) is 12.3. The minimum atomic E-state index is -0.677. The van der Waals surface area contributed by atoms with Crippen molar-refractivity contribution in [1.29, 1.82) is 0 Å². The Morgan fingerprint density at radius 2 is 2.00 bits per heavy atom. The summed E-state index contributed by atoms with van der Waals surface area (Å²) in [5.41, 5.74) is 0.733. The van der Waals surface area contributed by atoms with Crippen molar-refractivity contribution < 1.29 is 18.3 Å². The zero-order valence-corrected chi connectivity index (χ0v) is 20.4. The Morgan fingerprint density at radius 3 is 2.74 bits per heavy atom. The summed E-state index contributed by atoms with van der Waals surface area (Å²) in [6.45, 7) is 2.72. The van der Waals surface area contributed by atoms with Crippen LogP contribution in [0.3, 0.4) is 0 Å². The molecule has 0 saturated heterocycles. The Morgan fingerprint density at radius 1 is 1.21 bits per heavy atom. The molecule has 1 aliphatic rings. The predicted octanol–water partition coefficient (Wildman–Crippen LogP) is 7.29. The molecule has 2 aromatic carbocycles. The van der Waals surface area contributed by atoms with E-state index in [2.05, 4.69) is 5.10 Å². The zero-order chi connectivity index (χ0) is 24.0. The predicted molar refractivity (Wildman–Crippen MR) is 128 cm³/mol. The number of carbonyl (C=O) groups is 1. The van der Waals surface area contributed by atoms with E-state index in [0.717, 1.165) is 31.0 Å². The first-order chi connectivity index (χ1) is 16.4. The van der Waals surface area contributed by atoms with Crippen LogP contribution in [0.15, 0.2) is 52.5 Å². The molecule has 0 N–H and O–H groups in total. The summed E-state index contributed by atoms with van der Waals surface area (Å²) in [7, 11) is 0. The maximum absolute atomic E-state index is 15.2. The molecule has 0 spiro atoms. The number of nitrogens with zero attached hydrogens (tertiary/aromatic N) is 3. The second kappa shape index (κ2) is 9.24. The highest BCUT2D eigenvalue weighted by atomic mass is 35.5. The van der Waals surface area contributed by atoms with Crippen molar-refractivity contribution in [2.24, 2.45) is 5.92 Å². The molecule has 5 rings (SSSR count). The number of esters is 1. The van der Waals surface area contributed by atoms with Crippen LogP contribution < -0.4 is 4.74 Å². The third-order valence-electron chi connectivity index (χ3n) is 5.51. The van der Waals surface area contributed by atoms with Crippen LogP contribution in [0, 0.1) is 17.6 Å². The number of fused-ring (bicyclic) bond motifs is 1. The van der Waals surface area contributed by atoms with Gasteiger partial charge in [-0.05, 0) is 43.5 Å². The lowest BCUT2D eigenvalue weighted by Crippen LogP contribution is -2.11. The van der Waals surface area contributed by atoms with E-state index < -0.39 is 17.6 Å². The van der Waals surface area contributed by atoms with E-state index in [9.17, 15) is 4.79 Å². The Kier molecular flexibility index (Phi) is 6.31. The SMILES string of the molecule is CCCn1cc(-n2c(Cl)c(Sc3cccc(OC(=O)C4CC4)c3F)c3ccc(Cl)c(F)c32)cn1. The molecule has 2 heterocycles. The van der Waals surface area contributed by atoms with Crippen molar-refractivity contribution in [1.82, 2.24) is 14.3 Å². The molecule has 1 fully saturated rings. The van der Waals surface area contributed by atoms with Crippen LogP contribution in [0.2, 0.25) is 10.2 Å². The summed E-state index contributed by atoms with van der Waals surface area (Å²) in [4.78, 5) is 12.7. The molecule has 0 unspecified atom stereocenters. The third kappa shape index (κ3) is 4.19. The number of carbonyl (C=O) groups excluding carboxylic acids is 1. The number of benzene rings is 2. The number of aromatic nitrogens is 3. The summed E-state index contributed by atoms with van der Waals surface area (Å²) in [5, 5.41) is 4.92. The van der Waals surface area contributed by atoms with Crippen molar-refractivity contribution in [3.63, 3.8) is 0 Å². The molecule has 10 heteroatoms. The molecule has 0 aliphatic heterocycles. The first kappa shape index (κ1) is 23.2. The second-order valence-electron chi connectivity index (χ2n) is 8.04. The van der Waals surface area contributed by atoms with E-state index >= 15 is 8.78 Å². The minimum Gasteiger partial charge on any atom is -0.423 e. The molecule has 1 aliphatic carbocycles. The highest BCUT2D eigenvalue weighted by molar-refractivity contribution is 7.99. The largest absolute Gasteiger partial charge is 0.423 e. The molecule has 5 nitrogen and oxygen atoms in total. The zero-order valence-electron chi connectivity index (χ0n) is 18.0. The fourth-order valence-electron chi connectivity index (χ4n) is 3.68. The van der Waals surface area contributed by atoms with E-state index in [-0.39, 0.29) is 32.3 Å². The number of halogens is 4. The number of ether oxygens (including phenoxy) is 1. The molecular weight excluding hydrogens is 503 g/mol. The first-order valence-electron chi connectivity index (χ1n) is 10.8. The summed E-state index contributed by atoms with van der Waals surface area (Å²) >= 11 is 13.9. The summed E-state index contributed by atoms with van der Waals surface area (Å²) in [6, 6.07) is 7.65. The smallest absolute Gasteiger partial charge is 0.314 e. The van der Waals surface area contributed by atoms with Gasteiger partial charge in [-0.15, -0.1) is 0 Å². The molecule has 0 amide bonds. The van der Waals surface area contributed by atoms with Crippen LogP contribution >= 0.6 is 35.0 Å². The van der Waals surface area contributed by atoms with Gasteiger partial charge in [0, 0.05) is 18.1 Å². The fourth-order valence-corrected chi connectivity index (χ4v) is 5.24. The number of aryl methyl sites for hydroxylation is 1. The maximum atomic E-state index is 15.2. The Balaban J connectivity index is 1.60. The molecule has 4 aromatic rings. The van der Waals surface area contributed by atoms with Crippen molar-refractivity contribution in [2.45, 2.75) is 42.5 Å². The fraction of sp³-hybridized carbons (Fsp3) is 0.250. The average Bonchev–Trinajstić information content (AvgIpc) is 3.51. The van der Waals surface area contributed by atoms with E-state index in [1.807, 2.05) is 6.92 Å². The van der Waals surface area contributed by atoms with Gasteiger partial charge in [0.15, 0.2) is 17.4 Å². The monoisotopic (exact) mass is 521 g/mol.